The predicted octanol–water partition coefficient (Wildman–Crippen LogP) is 22.4. The molecule has 0 fully saturated rings. The highest BCUT2D eigenvalue weighted by Gasteiger charge is 2.19. The standard InChI is InChI=1S/C71H122O6/c1-4-7-10-13-16-19-22-25-28-30-32-34-35-37-38-40-43-46-49-52-55-58-61-64-70(73)76-67-68(66-75-69(72)63-60-57-54-51-48-45-42-27-24-21-18-15-12-9-6-3)77-71(74)65-62-59-56-53-50-47-44-41-39-36-33-31-29-26-23-20-17-14-11-8-5-2/h7,10,16,19,25,27-28,32,34,37-38,42-43,46,52,55,68H,4-6,8-9,11-15,17-18,20-24,26,29-31,33,35-36,39-41,44-45,47-51,53-54,56-67H2,1-3H3/b10-7-,19-16-,28-25-,34-32-,38-37-,42-27-,46-43-,55-52-. The monoisotopic (exact) mass is 1070 g/mol. The molecule has 0 bridgehead atoms. The Hall–Kier alpha value is -3.67. The van der Waals surface area contributed by atoms with Crippen molar-refractivity contribution in [2.45, 2.75) is 322 Å². The maximum Gasteiger partial charge on any atom is 0.306 e. The first-order chi connectivity index (χ1) is 38.0. The number of ether oxygens (including phenoxy) is 3. The van der Waals surface area contributed by atoms with Gasteiger partial charge in [-0.15, -0.1) is 0 Å². The van der Waals surface area contributed by atoms with Gasteiger partial charge in [0.25, 0.3) is 0 Å². The van der Waals surface area contributed by atoms with Crippen molar-refractivity contribution < 1.29 is 28.6 Å². The van der Waals surface area contributed by atoms with Crippen molar-refractivity contribution in [1.29, 1.82) is 0 Å². The van der Waals surface area contributed by atoms with Gasteiger partial charge in [-0.2, -0.15) is 0 Å². The second-order valence-corrected chi connectivity index (χ2v) is 21.6. The van der Waals surface area contributed by atoms with E-state index >= 15 is 0 Å². The Morgan fingerprint density at radius 1 is 0.273 bits per heavy atom. The molecule has 0 rings (SSSR count). The van der Waals surface area contributed by atoms with Crippen LogP contribution in [0.5, 0.6) is 0 Å². The van der Waals surface area contributed by atoms with Crippen LogP contribution in [-0.2, 0) is 28.6 Å². The molecule has 0 aromatic heterocycles. The minimum Gasteiger partial charge on any atom is -0.462 e. The Morgan fingerprint density at radius 3 is 0.857 bits per heavy atom. The topological polar surface area (TPSA) is 78.9 Å². The van der Waals surface area contributed by atoms with E-state index in [1.54, 1.807) is 0 Å². The SMILES string of the molecule is CC/C=C\C/C=C\C/C=C\C/C=C\C/C=C\C/C=C\C/C=C\CCCC(=O)OCC(COC(=O)CCCCCCC/C=C\CCCCCCCC)OC(=O)CCCCCCCCCCCCCCCCCCCCCCC. The lowest BCUT2D eigenvalue weighted by molar-refractivity contribution is -0.167. The van der Waals surface area contributed by atoms with Gasteiger partial charge in [0.2, 0.25) is 0 Å². The largest absolute Gasteiger partial charge is 0.462 e. The molecule has 0 aliphatic heterocycles. The molecule has 0 spiro atoms. The zero-order valence-electron chi connectivity index (χ0n) is 50.7. The van der Waals surface area contributed by atoms with Crippen LogP contribution in [0.4, 0.5) is 0 Å². The van der Waals surface area contributed by atoms with E-state index in [1.165, 1.54) is 173 Å². The van der Waals surface area contributed by atoms with E-state index in [0.717, 1.165) is 96.3 Å². The van der Waals surface area contributed by atoms with Crippen LogP contribution in [0.2, 0.25) is 0 Å². The average molecular weight is 1070 g/mol. The van der Waals surface area contributed by atoms with Crippen LogP contribution in [0, 0.1) is 0 Å². The summed E-state index contributed by atoms with van der Waals surface area (Å²) in [5.41, 5.74) is 0. The molecule has 1 unspecified atom stereocenters. The van der Waals surface area contributed by atoms with Crippen LogP contribution in [0.3, 0.4) is 0 Å². The van der Waals surface area contributed by atoms with Gasteiger partial charge in [-0.05, 0) is 96.3 Å². The fourth-order valence-corrected chi connectivity index (χ4v) is 9.19. The molecule has 0 radical (unpaired) electrons. The van der Waals surface area contributed by atoms with E-state index in [2.05, 4.69) is 118 Å². The normalized spacial score (nSPS) is 12.7. The molecule has 0 saturated heterocycles. The molecule has 0 aromatic rings. The lowest BCUT2D eigenvalue weighted by Gasteiger charge is -2.18. The third-order valence-electron chi connectivity index (χ3n) is 14.1. The molecule has 77 heavy (non-hydrogen) atoms. The van der Waals surface area contributed by atoms with Crippen LogP contribution in [0.1, 0.15) is 316 Å². The van der Waals surface area contributed by atoms with Crippen molar-refractivity contribution in [3.8, 4) is 0 Å². The summed E-state index contributed by atoms with van der Waals surface area (Å²) < 4.78 is 16.9. The fraction of sp³-hybridized carbons (Fsp3) is 0.732. The van der Waals surface area contributed by atoms with Crippen molar-refractivity contribution in [2.24, 2.45) is 0 Å². The summed E-state index contributed by atoms with van der Waals surface area (Å²) in [5, 5.41) is 0. The minimum absolute atomic E-state index is 0.0976. The number of esters is 3. The number of hydrogen-bond acceptors (Lipinski definition) is 6. The molecule has 442 valence electrons. The summed E-state index contributed by atoms with van der Waals surface area (Å²) in [6.45, 7) is 6.50. The lowest BCUT2D eigenvalue weighted by atomic mass is 10.0. The van der Waals surface area contributed by atoms with E-state index in [9.17, 15) is 14.4 Å². The smallest absolute Gasteiger partial charge is 0.306 e. The number of carbonyl (C=O) groups excluding carboxylic acids is 3. The van der Waals surface area contributed by atoms with Crippen LogP contribution >= 0.6 is 0 Å². The van der Waals surface area contributed by atoms with Gasteiger partial charge >= 0.3 is 17.9 Å². The van der Waals surface area contributed by atoms with Crippen molar-refractivity contribution in [1.82, 2.24) is 0 Å². The summed E-state index contributed by atoms with van der Waals surface area (Å²) >= 11 is 0. The highest BCUT2D eigenvalue weighted by Crippen LogP contribution is 2.17. The van der Waals surface area contributed by atoms with E-state index in [4.69, 9.17) is 14.2 Å². The minimum atomic E-state index is -0.805. The van der Waals surface area contributed by atoms with Crippen molar-refractivity contribution in [3.63, 3.8) is 0 Å². The van der Waals surface area contributed by atoms with E-state index in [1.807, 2.05) is 0 Å². The van der Waals surface area contributed by atoms with Crippen molar-refractivity contribution in [2.75, 3.05) is 13.2 Å². The van der Waals surface area contributed by atoms with Crippen molar-refractivity contribution >= 4 is 17.9 Å². The van der Waals surface area contributed by atoms with Crippen LogP contribution in [-0.4, -0.2) is 37.2 Å². The third kappa shape index (κ3) is 63.0. The Morgan fingerprint density at radius 2 is 0.519 bits per heavy atom. The lowest BCUT2D eigenvalue weighted by Crippen LogP contribution is -2.30. The molecule has 0 saturated carbocycles. The Bertz CT molecular complexity index is 1510. The van der Waals surface area contributed by atoms with Gasteiger partial charge in [0.1, 0.15) is 13.2 Å². The third-order valence-corrected chi connectivity index (χ3v) is 14.1. The summed E-state index contributed by atoms with van der Waals surface area (Å²) in [4.78, 5) is 38.3. The highest BCUT2D eigenvalue weighted by molar-refractivity contribution is 5.71. The van der Waals surface area contributed by atoms with Gasteiger partial charge in [-0.1, -0.05) is 298 Å². The van der Waals surface area contributed by atoms with E-state index < -0.39 is 6.10 Å². The molecule has 0 heterocycles. The van der Waals surface area contributed by atoms with Crippen LogP contribution in [0.25, 0.3) is 0 Å². The summed E-state index contributed by atoms with van der Waals surface area (Å²) in [7, 11) is 0. The van der Waals surface area contributed by atoms with Crippen LogP contribution in [0.15, 0.2) is 97.2 Å². The average Bonchev–Trinajstić information content (AvgIpc) is 3.43. The van der Waals surface area contributed by atoms with E-state index in [-0.39, 0.29) is 37.5 Å². The molecule has 0 aliphatic carbocycles. The number of allylic oxidation sites excluding steroid dienone is 16. The van der Waals surface area contributed by atoms with Gasteiger partial charge in [0.15, 0.2) is 6.10 Å². The quantitative estimate of drug-likeness (QED) is 0.0261. The first-order valence-corrected chi connectivity index (χ1v) is 32.7. The highest BCUT2D eigenvalue weighted by atomic mass is 16.6. The second-order valence-electron chi connectivity index (χ2n) is 21.6. The van der Waals surface area contributed by atoms with Crippen LogP contribution < -0.4 is 0 Å². The van der Waals surface area contributed by atoms with E-state index in [0.29, 0.717) is 19.3 Å². The Kier molecular flexibility index (Phi) is 61.8. The fourth-order valence-electron chi connectivity index (χ4n) is 9.19. The zero-order chi connectivity index (χ0) is 55.7. The van der Waals surface area contributed by atoms with Gasteiger partial charge < -0.3 is 14.2 Å². The van der Waals surface area contributed by atoms with Crippen molar-refractivity contribution in [3.05, 3.63) is 97.2 Å². The molecule has 0 aliphatic rings. The molecular weight excluding hydrogens is 949 g/mol. The number of rotatable bonds is 59. The number of carbonyl (C=O) groups is 3. The summed E-state index contributed by atoms with van der Waals surface area (Å²) in [6.07, 6.45) is 87.1. The molecule has 0 aromatic carbocycles. The summed E-state index contributed by atoms with van der Waals surface area (Å²) in [5.74, 6) is -0.954. The molecule has 1 atom stereocenters. The first-order valence-electron chi connectivity index (χ1n) is 32.7. The first kappa shape index (κ1) is 73.3. The number of unbranched alkanes of at least 4 members (excludes halogenated alkanes) is 32. The van der Waals surface area contributed by atoms with Gasteiger partial charge in [0.05, 0.1) is 0 Å². The van der Waals surface area contributed by atoms with Gasteiger partial charge in [0, 0.05) is 19.3 Å². The predicted molar refractivity (Wildman–Crippen MR) is 334 cm³/mol. The molecular formula is C71H122O6. The molecule has 6 nitrogen and oxygen atoms in total. The molecule has 0 N–H and O–H groups in total. The maximum absolute atomic E-state index is 12.9. The Labute approximate surface area is 477 Å². The summed E-state index contributed by atoms with van der Waals surface area (Å²) in [6, 6.07) is 0. The maximum atomic E-state index is 12.9. The molecule has 6 heteroatoms. The number of hydrogen-bond donors (Lipinski definition) is 0. The Balaban J connectivity index is 4.45. The molecule has 0 amide bonds. The van der Waals surface area contributed by atoms with Gasteiger partial charge in [-0.3, -0.25) is 14.4 Å². The van der Waals surface area contributed by atoms with Gasteiger partial charge in [-0.25, -0.2) is 0 Å². The zero-order valence-corrected chi connectivity index (χ0v) is 50.7. The second kappa shape index (κ2) is 64.9.